The minimum Gasteiger partial charge on any atom is -0.465 e. The highest BCUT2D eigenvalue weighted by Gasteiger charge is 2.34. The predicted octanol–water partition coefficient (Wildman–Crippen LogP) is 2.12. The summed E-state index contributed by atoms with van der Waals surface area (Å²) in [6.07, 6.45) is 4.23. The van der Waals surface area contributed by atoms with E-state index in [4.69, 9.17) is 14.9 Å². The second-order valence-corrected chi connectivity index (χ2v) is 9.38. The first-order valence-electron chi connectivity index (χ1n) is 12.9. The lowest BCUT2D eigenvalue weighted by Gasteiger charge is -2.34. The maximum atomic E-state index is 12.5. The molecule has 2 aliphatic heterocycles. The van der Waals surface area contributed by atoms with Gasteiger partial charge in [0.25, 0.3) is 5.91 Å². The summed E-state index contributed by atoms with van der Waals surface area (Å²) in [5, 5.41) is 10.8. The lowest BCUT2D eigenvalue weighted by Crippen LogP contribution is -2.50. The molecule has 38 heavy (non-hydrogen) atoms. The van der Waals surface area contributed by atoms with Crippen molar-refractivity contribution in [2.45, 2.75) is 25.9 Å². The van der Waals surface area contributed by atoms with Gasteiger partial charge in [-0.25, -0.2) is 4.79 Å². The Bertz CT molecular complexity index is 1120. The number of rotatable bonds is 10. The van der Waals surface area contributed by atoms with Crippen molar-refractivity contribution in [3.8, 4) is 0 Å². The fourth-order valence-electron chi connectivity index (χ4n) is 4.37. The molecule has 0 aliphatic carbocycles. The van der Waals surface area contributed by atoms with Gasteiger partial charge in [0.05, 0.1) is 25.3 Å². The Kier molecular flexibility index (Phi) is 9.39. The molecule has 2 N–H and O–H groups in total. The number of nitrogens with zero attached hydrogens (tertiary/aromatic N) is 4. The van der Waals surface area contributed by atoms with E-state index in [1.165, 1.54) is 6.20 Å². The van der Waals surface area contributed by atoms with Gasteiger partial charge in [0.1, 0.15) is 11.9 Å². The number of piperazine rings is 1. The van der Waals surface area contributed by atoms with E-state index in [9.17, 15) is 14.4 Å². The lowest BCUT2D eigenvalue weighted by molar-refractivity contribution is -0.145. The third-order valence-corrected chi connectivity index (χ3v) is 6.54. The van der Waals surface area contributed by atoms with Crippen LogP contribution in [0.1, 0.15) is 35.7 Å². The van der Waals surface area contributed by atoms with E-state index >= 15 is 0 Å². The highest BCUT2D eigenvalue weighted by molar-refractivity contribution is 6.11. The van der Waals surface area contributed by atoms with E-state index in [0.717, 1.165) is 39.0 Å². The Morgan fingerprint density at radius 2 is 1.84 bits per heavy atom. The molecule has 1 atom stereocenters. The molecule has 11 heteroatoms. The van der Waals surface area contributed by atoms with Crippen molar-refractivity contribution in [3.63, 3.8) is 0 Å². The number of hydrogen-bond acceptors (Lipinski definition) is 9. The van der Waals surface area contributed by atoms with E-state index in [2.05, 4.69) is 27.0 Å². The molecule has 0 radical (unpaired) electrons. The number of esters is 1. The van der Waals surface area contributed by atoms with Gasteiger partial charge in [0.2, 0.25) is 0 Å². The van der Waals surface area contributed by atoms with Crippen LogP contribution in [-0.2, 0) is 14.3 Å². The molecular formula is C27H34N6O5. The minimum absolute atomic E-state index is 0.0411. The first-order chi connectivity index (χ1) is 18.4. The lowest BCUT2D eigenvalue weighted by atomic mass is 10.1. The molecule has 0 saturated carbocycles. The molecule has 2 aromatic rings. The van der Waals surface area contributed by atoms with Crippen LogP contribution in [0.4, 0.5) is 10.5 Å². The number of amides is 2. The van der Waals surface area contributed by atoms with Crippen molar-refractivity contribution < 1.29 is 23.9 Å². The first kappa shape index (κ1) is 27.2. The summed E-state index contributed by atoms with van der Waals surface area (Å²) in [6.45, 7) is 7.01. The Balaban J connectivity index is 1.22. The minimum atomic E-state index is -0.411. The highest BCUT2D eigenvalue weighted by Crippen LogP contribution is 2.23. The zero-order chi connectivity index (χ0) is 26.9. The quantitative estimate of drug-likeness (QED) is 0.210. The average molecular weight is 523 g/mol. The van der Waals surface area contributed by atoms with Crippen molar-refractivity contribution in [3.05, 3.63) is 59.9 Å². The van der Waals surface area contributed by atoms with E-state index < -0.39 is 12.0 Å². The number of pyridine rings is 1. The van der Waals surface area contributed by atoms with Gasteiger partial charge in [0, 0.05) is 56.4 Å². The number of nitrogens with one attached hydrogen (secondary N) is 2. The number of carbonyl (C=O) groups is 3. The first-order valence-corrected chi connectivity index (χ1v) is 12.9. The van der Waals surface area contributed by atoms with Gasteiger partial charge >= 0.3 is 12.1 Å². The van der Waals surface area contributed by atoms with Crippen LogP contribution in [0.15, 0.2) is 48.8 Å². The average Bonchev–Trinajstić information content (AvgIpc) is 3.30. The molecule has 2 fully saturated rings. The molecule has 1 aromatic carbocycles. The molecule has 0 spiro atoms. The van der Waals surface area contributed by atoms with Crippen molar-refractivity contribution in [1.82, 2.24) is 20.1 Å². The molecular weight excluding hydrogens is 488 g/mol. The molecule has 2 amide bonds. The number of amidine groups is 1. The highest BCUT2D eigenvalue weighted by atomic mass is 16.6. The number of hydrogen-bond donors (Lipinski definition) is 2. The van der Waals surface area contributed by atoms with Gasteiger partial charge in [-0.3, -0.25) is 34.7 Å². The van der Waals surface area contributed by atoms with Gasteiger partial charge in [-0.05, 0) is 42.8 Å². The predicted molar refractivity (Wildman–Crippen MR) is 141 cm³/mol. The molecule has 2 aliphatic rings. The molecule has 0 bridgehead atoms. The summed E-state index contributed by atoms with van der Waals surface area (Å²) < 4.78 is 10.9. The zero-order valence-corrected chi connectivity index (χ0v) is 21.6. The zero-order valence-electron chi connectivity index (χ0n) is 21.6. The van der Waals surface area contributed by atoms with Gasteiger partial charge in [-0.1, -0.05) is 13.3 Å². The van der Waals surface area contributed by atoms with Crippen LogP contribution >= 0.6 is 0 Å². The van der Waals surface area contributed by atoms with E-state index in [-0.39, 0.29) is 17.9 Å². The monoisotopic (exact) mass is 522 g/mol. The fraction of sp³-hybridized carbons (Fsp3) is 0.444. The normalized spacial score (nSPS) is 18.2. The number of anilines is 1. The standard InChI is InChI=1S/C27H34N6O5/c1-2-3-15-37-24(34)19-32-13-11-31(12-14-32)17-23-18-33(27(36)38-23)22-8-6-20(7-9-22)25(28)30-26(35)21-5-4-10-29-16-21/h4-10,16,23H,2-3,11-15,17-19H2,1H3,(H2,28,30,35). The summed E-state index contributed by atoms with van der Waals surface area (Å²) >= 11 is 0. The number of benzene rings is 1. The molecule has 1 aromatic heterocycles. The Morgan fingerprint density at radius 1 is 1.11 bits per heavy atom. The van der Waals surface area contributed by atoms with Gasteiger partial charge in [0.15, 0.2) is 0 Å². The van der Waals surface area contributed by atoms with Crippen molar-refractivity contribution in [2.24, 2.45) is 0 Å². The van der Waals surface area contributed by atoms with Crippen molar-refractivity contribution in [1.29, 1.82) is 5.41 Å². The van der Waals surface area contributed by atoms with Crippen LogP contribution in [0.3, 0.4) is 0 Å². The van der Waals surface area contributed by atoms with Gasteiger partial charge in [-0.15, -0.1) is 0 Å². The van der Waals surface area contributed by atoms with Crippen molar-refractivity contribution >= 4 is 29.5 Å². The molecule has 2 saturated heterocycles. The second-order valence-electron chi connectivity index (χ2n) is 9.38. The molecule has 11 nitrogen and oxygen atoms in total. The molecule has 1 unspecified atom stereocenters. The third kappa shape index (κ3) is 7.36. The van der Waals surface area contributed by atoms with Crippen LogP contribution in [0, 0.1) is 5.41 Å². The number of aromatic nitrogens is 1. The van der Waals surface area contributed by atoms with Crippen LogP contribution in [-0.4, -0.2) is 97.1 Å². The number of cyclic esters (lactones) is 1. The number of ether oxygens (including phenoxy) is 2. The molecule has 4 rings (SSSR count). The van der Waals surface area contributed by atoms with Gasteiger partial charge < -0.3 is 14.8 Å². The smallest absolute Gasteiger partial charge is 0.414 e. The molecule has 3 heterocycles. The third-order valence-electron chi connectivity index (χ3n) is 6.54. The van der Waals surface area contributed by atoms with E-state index in [1.807, 2.05) is 0 Å². The Labute approximate surface area is 222 Å². The van der Waals surface area contributed by atoms with Crippen LogP contribution in [0.25, 0.3) is 0 Å². The SMILES string of the molecule is CCCCOC(=O)CN1CCN(CC2CN(c3ccc(C(=N)NC(=O)c4cccnc4)cc3)C(=O)O2)CC1. The van der Waals surface area contributed by atoms with Crippen LogP contribution in [0.5, 0.6) is 0 Å². The summed E-state index contributed by atoms with van der Waals surface area (Å²) in [4.78, 5) is 46.6. The second kappa shape index (κ2) is 13.1. The summed E-state index contributed by atoms with van der Waals surface area (Å²) in [7, 11) is 0. The number of unbranched alkanes of at least 4 members (excludes halogenated alkanes) is 1. The summed E-state index contributed by atoms with van der Waals surface area (Å²) in [5.41, 5.74) is 1.55. The maximum absolute atomic E-state index is 12.5. The summed E-state index contributed by atoms with van der Waals surface area (Å²) in [5.74, 6) is -0.629. The Hall–Kier alpha value is -3.83. The van der Waals surface area contributed by atoms with Crippen molar-refractivity contribution in [2.75, 3.05) is 57.3 Å². The Morgan fingerprint density at radius 3 is 2.53 bits per heavy atom. The molecule has 202 valence electrons. The topological polar surface area (TPSA) is 128 Å². The summed E-state index contributed by atoms with van der Waals surface area (Å²) in [6, 6.07) is 10.1. The van der Waals surface area contributed by atoms with Crippen LogP contribution < -0.4 is 10.2 Å². The maximum Gasteiger partial charge on any atom is 0.414 e. The van der Waals surface area contributed by atoms with E-state index in [0.29, 0.717) is 43.1 Å². The van der Waals surface area contributed by atoms with Crippen LogP contribution in [0.2, 0.25) is 0 Å². The van der Waals surface area contributed by atoms with E-state index in [1.54, 1.807) is 47.5 Å². The fourth-order valence-corrected chi connectivity index (χ4v) is 4.37. The number of carbonyl (C=O) groups excluding carboxylic acids is 3. The van der Waals surface area contributed by atoms with Gasteiger partial charge in [-0.2, -0.15) is 0 Å². The largest absolute Gasteiger partial charge is 0.465 e.